The van der Waals surface area contributed by atoms with Gasteiger partial charge in [-0.2, -0.15) is 13.2 Å². The van der Waals surface area contributed by atoms with E-state index in [1.807, 2.05) is 16.4 Å². The van der Waals surface area contributed by atoms with Crippen LogP contribution in [0.2, 0.25) is 0 Å². The van der Waals surface area contributed by atoms with Crippen LogP contribution in [0.25, 0.3) is 0 Å². The first-order valence-corrected chi connectivity index (χ1v) is 11.0. The summed E-state index contributed by atoms with van der Waals surface area (Å²) in [5, 5.41) is 2.84. The van der Waals surface area contributed by atoms with Gasteiger partial charge in [0.2, 0.25) is 5.82 Å². The molecule has 0 spiro atoms. The zero-order chi connectivity index (χ0) is 23.8. The number of amides is 2. The van der Waals surface area contributed by atoms with Gasteiger partial charge in [0.25, 0.3) is 11.8 Å². The van der Waals surface area contributed by atoms with E-state index in [0.29, 0.717) is 48.6 Å². The first kappa shape index (κ1) is 23.2. The van der Waals surface area contributed by atoms with Gasteiger partial charge in [0.15, 0.2) is 0 Å². The molecule has 2 aliphatic rings. The van der Waals surface area contributed by atoms with Crippen molar-refractivity contribution in [2.24, 2.45) is 0 Å². The van der Waals surface area contributed by atoms with E-state index < -0.39 is 23.9 Å². The lowest BCUT2D eigenvalue weighted by atomic mass is 10.1. The summed E-state index contributed by atoms with van der Waals surface area (Å²) in [7, 11) is 0. The number of ether oxygens (including phenoxy) is 1. The molecule has 0 aliphatic carbocycles. The number of carbonyl (C=O) groups is 2. The summed E-state index contributed by atoms with van der Waals surface area (Å²) < 4.78 is 45.7. The molecular weight excluding hydrogens is 439 g/mol. The highest BCUT2D eigenvalue weighted by Crippen LogP contribution is 2.28. The van der Waals surface area contributed by atoms with Crippen molar-refractivity contribution in [1.82, 2.24) is 24.8 Å². The monoisotopic (exact) mass is 465 g/mol. The van der Waals surface area contributed by atoms with Crippen LogP contribution >= 0.6 is 0 Å². The second-order valence-corrected chi connectivity index (χ2v) is 8.36. The van der Waals surface area contributed by atoms with Gasteiger partial charge in [0.1, 0.15) is 5.69 Å². The molecule has 0 saturated carbocycles. The summed E-state index contributed by atoms with van der Waals surface area (Å²) in [4.78, 5) is 35.0. The quantitative estimate of drug-likeness (QED) is 0.732. The average molecular weight is 465 g/mol. The molecule has 0 bridgehead atoms. The molecule has 1 unspecified atom stereocenters. The number of rotatable bonds is 5. The van der Waals surface area contributed by atoms with E-state index in [1.54, 1.807) is 13.0 Å². The number of carbonyl (C=O) groups excluding carboxylic acids is 2. The summed E-state index contributed by atoms with van der Waals surface area (Å²) in [6.07, 6.45) is -0.166. The molecule has 8 nitrogen and oxygen atoms in total. The Morgan fingerprint density at radius 1 is 1.27 bits per heavy atom. The summed E-state index contributed by atoms with van der Waals surface area (Å²) in [5.41, 5.74) is 1.77. The first-order valence-electron chi connectivity index (χ1n) is 11.0. The molecule has 33 heavy (non-hydrogen) atoms. The van der Waals surface area contributed by atoms with Crippen molar-refractivity contribution >= 4 is 11.8 Å². The van der Waals surface area contributed by atoms with Gasteiger partial charge < -0.3 is 19.5 Å². The zero-order valence-corrected chi connectivity index (χ0v) is 18.5. The van der Waals surface area contributed by atoms with Gasteiger partial charge in [-0.3, -0.25) is 9.59 Å². The van der Waals surface area contributed by atoms with Crippen LogP contribution in [0.15, 0.2) is 18.5 Å². The lowest BCUT2D eigenvalue weighted by Gasteiger charge is -2.24. The minimum Gasteiger partial charge on any atom is -0.373 e. The molecule has 2 aromatic heterocycles. The summed E-state index contributed by atoms with van der Waals surface area (Å²) in [6.45, 7) is 5.61. The van der Waals surface area contributed by atoms with Gasteiger partial charge in [-0.15, -0.1) is 0 Å². The molecule has 2 amide bonds. The van der Waals surface area contributed by atoms with E-state index in [2.05, 4.69) is 15.3 Å². The normalized spacial score (nSPS) is 19.3. The summed E-state index contributed by atoms with van der Waals surface area (Å²) in [5.74, 6) is -1.76. The molecule has 4 heterocycles. The third-order valence-corrected chi connectivity index (χ3v) is 6.23. The number of hydrogen-bond acceptors (Lipinski definition) is 5. The minimum atomic E-state index is -4.63. The highest BCUT2D eigenvalue weighted by Gasteiger charge is 2.35. The molecule has 1 saturated heterocycles. The second-order valence-electron chi connectivity index (χ2n) is 8.36. The molecule has 0 aromatic carbocycles. The van der Waals surface area contributed by atoms with Gasteiger partial charge in [-0.1, -0.05) is 6.92 Å². The van der Waals surface area contributed by atoms with Crippen LogP contribution in [0.1, 0.15) is 77.1 Å². The van der Waals surface area contributed by atoms with Gasteiger partial charge in [-0.05, 0) is 32.3 Å². The molecule has 1 fully saturated rings. The van der Waals surface area contributed by atoms with Gasteiger partial charge in [0.05, 0.1) is 30.5 Å². The van der Waals surface area contributed by atoms with Crippen LogP contribution in [0.4, 0.5) is 13.2 Å². The predicted octanol–water partition coefficient (Wildman–Crippen LogP) is 3.33. The number of halogens is 3. The van der Waals surface area contributed by atoms with Crippen LogP contribution in [0, 0.1) is 0 Å². The highest BCUT2D eigenvalue weighted by atomic mass is 19.4. The number of fused-ring (bicyclic) bond motifs is 1. The van der Waals surface area contributed by atoms with Crippen molar-refractivity contribution in [2.45, 2.75) is 64.5 Å². The fourth-order valence-electron chi connectivity index (χ4n) is 4.40. The van der Waals surface area contributed by atoms with Gasteiger partial charge in [0, 0.05) is 37.1 Å². The molecule has 2 aliphatic heterocycles. The molecule has 2 aromatic rings. The first-order chi connectivity index (χ1) is 15.7. The SMILES string of the molecule is CC[C@@H](NC(=O)c1cc(C(=O)N2CCCC2C)n2c1COCC2)c1cnc(C(F)(F)F)nc1. The van der Waals surface area contributed by atoms with Crippen LogP contribution in [0.3, 0.4) is 0 Å². The van der Waals surface area contributed by atoms with E-state index in [9.17, 15) is 22.8 Å². The Bertz CT molecular complexity index is 1040. The number of alkyl halides is 3. The van der Waals surface area contributed by atoms with Crippen LogP contribution in [0.5, 0.6) is 0 Å². The molecular formula is C22H26F3N5O3. The van der Waals surface area contributed by atoms with Crippen molar-refractivity contribution in [3.63, 3.8) is 0 Å². The Kier molecular flexibility index (Phi) is 6.42. The van der Waals surface area contributed by atoms with Crippen molar-refractivity contribution in [3.05, 3.63) is 46.8 Å². The number of nitrogens with one attached hydrogen (secondary N) is 1. The van der Waals surface area contributed by atoms with E-state index in [0.717, 1.165) is 25.2 Å². The van der Waals surface area contributed by atoms with Crippen molar-refractivity contribution in [1.29, 1.82) is 0 Å². The Morgan fingerprint density at radius 3 is 2.61 bits per heavy atom. The largest absolute Gasteiger partial charge is 0.451 e. The molecule has 4 rings (SSSR count). The van der Waals surface area contributed by atoms with Crippen LogP contribution in [-0.4, -0.2) is 50.4 Å². The van der Waals surface area contributed by atoms with Gasteiger partial charge in [-0.25, -0.2) is 9.97 Å². The molecule has 178 valence electrons. The molecule has 2 atom stereocenters. The Hall–Kier alpha value is -2.95. The van der Waals surface area contributed by atoms with E-state index in [-0.39, 0.29) is 18.6 Å². The standard InChI is InChI=1S/C22H26F3N5O3/c1-3-16(14-10-26-21(27-11-14)22(23,24)25)28-19(31)15-9-17(30-7-8-33-12-18(15)30)20(32)29-6-4-5-13(29)2/h9-11,13,16H,3-8,12H2,1-2H3,(H,28,31)/t13?,16-/m1/s1. The Morgan fingerprint density at radius 2 is 2.00 bits per heavy atom. The van der Waals surface area contributed by atoms with Crippen molar-refractivity contribution in [2.75, 3.05) is 13.2 Å². The number of likely N-dealkylation sites (tertiary alicyclic amines) is 1. The zero-order valence-electron chi connectivity index (χ0n) is 18.5. The fourth-order valence-corrected chi connectivity index (χ4v) is 4.40. The minimum absolute atomic E-state index is 0.106. The third kappa shape index (κ3) is 4.59. The Balaban J connectivity index is 1.58. The third-order valence-electron chi connectivity index (χ3n) is 6.23. The Labute approximate surface area is 189 Å². The lowest BCUT2D eigenvalue weighted by molar-refractivity contribution is -0.145. The maximum Gasteiger partial charge on any atom is 0.451 e. The topological polar surface area (TPSA) is 89.4 Å². The maximum absolute atomic E-state index is 13.2. The van der Waals surface area contributed by atoms with E-state index in [1.165, 1.54) is 0 Å². The fraction of sp³-hybridized carbons (Fsp3) is 0.545. The van der Waals surface area contributed by atoms with Crippen LogP contribution in [-0.2, 0) is 24.1 Å². The number of nitrogens with zero attached hydrogens (tertiary/aromatic N) is 4. The summed E-state index contributed by atoms with van der Waals surface area (Å²) >= 11 is 0. The predicted molar refractivity (Wildman–Crippen MR) is 111 cm³/mol. The van der Waals surface area contributed by atoms with Crippen molar-refractivity contribution in [3.8, 4) is 0 Å². The van der Waals surface area contributed by atoms with E-state index in [4.69, 9.17) is 4.74 Å². The van der Waals surface area contributed by atoms with Crippen molar-refractivity contribution < 1.29 is 27.5 Å². The van der Waals surface area contributed by atoms with E-state index >= 15 is 0 Å². The smallest absolute Gasteiger partial charge is 0.373 e. The average Bonchev–Trinajstić information content (AvgIpc) is 3.40. The van der Waals surface area contributed by atoms with Crippen LogP contribution < -0.4 is 5.32 Å². The molecule has 0 radical (unpaired) electrons. The van der Waals surface area contributed by atoms with Gasteiger partial charge >= 0.3 is 6.18 Å². The molecule has 11 heteroatoms. The number of aromatic nitrogens is 3. The summed E-state index contributed by atoms with van der Waals surface area (Å²) in [6, 6.07) is 1.16. The second kappa shape index (κ2) is 9.12. The maximum atomic E-state index is 13.2. The molecule has 1 N–H and O–H groups in total. The lowest BCUT2D eigenvalue weighted by Crippen LogP contribution is -2.35. The number of hydrogen-bond donors (Lipinski definition) is 1. The highest BCUT2D eigenvalue weighted by molar-refractivity contribution is 6.01.